The van der Waals surface area contributed by atoms with Crippen molar-refractivity contribution >= 4 is 30.1 Å². The van der Waals surface area contributed by atoms with Crippen LogP contribution in [0.3, 0.4) is 0 Å². The number of hydrogen-bond acceptors (Lipinski definition) is 5. The maximum absolute atomic E-state index is 12.9. The van der Waals surface area contributed by atoms with Crippen molar-refractivity contribution in [3.05, 3.63) is 90.2 Å². The van der Waals surface area contributed by atoms with E-state index in [1.54, 1.807) is 30.8 Å². The Hall–Kier alpha value is -3.53. The number of ether oxygens (including phenoxy) is 1. The summed E-state index contributed by atoms with van der Waals surface area (Å²) < 4.78 is 54.9. The Kier molecular flexibility index (Phi) is 17.8. The zero-order valence-electron chi connectivity index (χ0n) is 24.3. The van der Waals surface area contributed by atoms with Gasteiger partial charge in [0, 0.05) is 23.1 Å². The van der Waals surface area contributed by atoms with Gasteiger partial charge in [-0.25, -0.2) is 14.2 Å². The van der Waals surface area contributed by atoms with Crippen LogP contribution in [0.15, 0.2) is 89.0 Å². The maximum Gasteiger partial charge on any atom is 0.416 e. The van der Waals surface area contributed by atoms with Gasteiger partial charge in [-0.1, -0.05) is 26.0 Å². The first kappa shape index (κ1) is 37.5. The molecular weight excluding hydrogens is 556 g/mol. The van der Waals surface area contributed by atoms with Crippen LogP contribution in [-0.4, -0.2) is 36.3 Å². The van der Waals surface area contributed by atoms with E-state index in [-0.39, 0.29) is 11.9 Å². The first-order valence-corrected chi connectivity index (χ1v) is 13.6. The van der Waals surface area contributed by atoms with E-state index in [0.717, 1.165) is 41.0 Å². The van der Waals surface area contributed by atoms with Crippen LogP contribution >= 0.6 is 11.8 Å². The van der Waals surface area contributed by atoms with Crippen LogP contribution in [0.25, 0.3) is 0 Å². The third-order valence-corrected chi connectivity index (χ3v) is 6.18. The highest BCUT2D eigenvalue weighted by molar-refractivity contribution is 8.00. The molecule has 226 valence electrons. The third kappa shape index (κ3) is 15.2. The Bertz CT molecular complexity index is 1150. The van der Waals surface area contributed by atoms with Gasteiger partial charge in [0.15, 0.2) is 6.61 Å². The van der Waals surface area contributed by atoms with Crippen LogP contribution in [0.1, 0.15) is 51.7 Å². The Morgan fingerprint density at radius 2 is 1.78 bits per heavy atom. The lowest BCUT2D eigenvalue weighted by Gasteiger charge is -2.21. The van der Waals surface area contributed by atoms with Gasteiger partial charge in [0.25, 0.3) is 0 Å². The summed E-state index contributed by atoms with van der Waals surface area (Å²) >= 11 is 1.61. The van der Waals surface area contributed by atoms with Crippen LogP contribution < -0.4 is 9.75 Å². The first-order valence-electron chi connectivity index (χ1n) is 12.8. The third-order valence-electron chi connectivity index (χ3n) is 5.00. The molecule has 0 aromatic heterocycles. The molecule has 0 amide bonds. The SMILES string of the molecule is C=C(C)CF.C=CC.C=NN(/C=C(\CCC)C(C)Sc1ccc(OCC(=O)O)c(C)c1)c1ccc(C(F)(F)F)cc1. The number of anilines is 1. The highest BCUT2D eigenvalue weighted by Crippen LogP contribution is 2.34. The van der Waals surface area contributed by atoms with Gasteiger partial charge in [0.2, 0.25) is 0 Å². The summed E-state index contributed by atoms with van der Waals surface area (Å²) in [7, 11) is 0. The van der Waals surface area contributed by atoms with Crippen LogP contribution in [0.4, 0.5) is 23.2 Å². The van der Waals surface area contributed by atoms with E-state index in [2.05, 4.69) is 25.0 Å². The normalized spacial score (nSPS) is 11.6. The lowest BCUT2D eigenvalue weighted by atomic mass is 10.1. The fourth-order valence-corrected chi connectivity index (χ4v) is 4.22. The van der Waals surface area contributed by atoms with Crippen molar-refractivity contribution in [2.24, 2.45) is 5.10 Å². The molecule has 1 unspecified atom stereocenters. The number of carbonyl (C=O) groups is 1. The average molecular weight is 597 g/mol. The Morgan fingerprint density at radius 1 is 1.22 bits per heavy atom. The maximum atomic E-state index is 12.9. The minimum Gasteiger partial charge on any atom is -0.482 e. The monoisotopic (exact) mass is 596 g/mol. The van der Waals surface area contributed by atoms with Crippen molar-refractivity contribution < 1.29 is 32.2 Å². The molecule has 0 saturated carbocycles. The highest BCUT2D eigenvalue weighted by atomic mass is 32.2. The van der Waals surface area contributed by atoms with E-state index in [1.807, 2.05) is 46.0 Å². The standard InChI is InChI=1S/C24H27F3N2O3S.C4H7F.C3H6/c1-5-6-18(14-29(28-4)20-9-7-19(8-10-20)24(25,26)27)17(3)33-21-11-12-22(16(2)13-21)32-15-23(30)31;1-4(2)3-5;1-3-2/h7-14,17H,4-6,15H2,1-3H3,(H,30,31);1,3H2,2H3;3H,1H2,2H3/b18-14+;;. The molecule has 0 saturated heterocycles. The molecule has 2 aromatic carbocycles. The fraction of sp³-hybridized carbons (Fsp3) is 0.355. The predicted octanol–water partition coefficient (Wildman–Crippen LogP) is 9.49. The Balaban J connectivity index is 0.00000177. The molecule has 0 aliphatic heterocycles. The van der Waals surface area contributed by atoms with E-state index in [9.17, 15) is 22.4 Å². The number of hydrazone groups is 1. The van der Waals surface area contributed by atoms with Gasteiger partial charge < -0.3 is 9.84 Å². The molecule has 41 heavy (non-hydrogen) atoms. The number of aryl methyl sites for hydroxylation is 1. The Morgan fingerprint density at radius 3 is 2.20 bits per heavy atom. The van der Waals surface area contributed by atoms with Crippen LogP contribution in [0.2, 0.25) is 0 Å². The number of benzene rings is 2. The van der Waals surface area contributed by atoms with Crippen molar-refractivity contribution in [1.29, 1.82) is 0 Å². The summed E-state index contributed by atoms with van der Waals surface area (Å²) in [4.78, 5) is 11.7. The van der Waals surface area contributed by atoms with Crippen molar-refractivity contribution in [3.8, 4) is 5.75 Å². The van der Waals surface area contributed by atoms with E-state index in [1.165, 1.54) is 17.1 Å². The largest absolute Gasteiger partial charge is 0.482 e. The van der Waals surface area contributed by atoms with E-state index in [4.69, 9.17) is 9.84 Å². The number of nitrogens with zero attached hydrogens (tertiary/aromatic N) is 2. The zero-order valence-corrected chi connectivity index (χ0v) is 25.1. The number of carboxylic acid groups (broad SMARTS) is 1. The van der Waals surface area contributed by atoms with Gasteiger partial charge in [0.1, 0.15) is 12.4 Å². The molecule has 5 nitrogen and oxygen atoms in total. The molecule has 1 N–H and O–H groups in total. The second-order valence-corrected chi connectivity index (χ2v) is 10.3. The molecule has 0 aliphatic rings. The second-order valence-electron chi connectivity index (χ2n) is 8.85. The molecule has 0 aliphatic carbocycles. The molecule has 2 rings (SSSR count). The topological polar surface area (TPSA) is 62.1 Å². The van der Waals surface area contributed by atoms with Gasteiger partial charge in [-0.3, -0.25) is 0 Å². The number of hydrogen-bond donors (Lipinski definition) is 1. The number of rotatable bonds is 12. The average Bonchev–Trinajstić information content (AvgIpc) is 2.90. The van der Waals surface area contributed by atoms with E-state index < -0.39 is 24.3 Å². The molecule has 0 bridgehead atoms. The highest BCUT2D eigenvalue weighted by Gasteiger charge is 2.30. The number of aliphatic carboxylic acids is 1. The number of allylic oxidation sites excluding steroid dienone is 2. The number of halogens is 4. The summed E-state index contributed by atoms with van der Waals surface area (Å²) in [6.45, 7) is 18.9. The fourth-order valence-electron chi connectivity index (χ4n) is 3.10. The molecule has 0 heterocycles. The van der Waals surface area contributed by atoms with Gasteiger partial charge in [-0.15, -0.1) is 18.3 Å². The first-order chi connectivity index (χ1) is 19.2. The molecule has 0 fully saturated rings. The van der Waals surface area contributed by atoms with Crippen LogP contribution in [-0.2, 0) is 11.0 Å². The summed E-state index contributed by atoms with van der Waals surface area (Å²) in [6, 6.07) is 10.3. The molecular formula is C31H40F4N2O3S. The number of thioether (sulfide) groups is 1. The summed E-state index contributed by atoms with van der Waals surface area (Å²) in [5.41, 5.74) is 2.24. The van der Waals surface area contributed by atoms with Gasteiger partial charge in [-0.05, 0) is 93.3 Å². The Labute approximate surface area is 245 Å². The lowest BCUT2D eigenvalue weighted by molar-refractivity contribution is -0.139. The van der Waals surface area contributed by atoms with Crippen molar-refractivity contribution in [3.63, 3.8) is 0 Å². The van der Waals surface area contributed by atoms with Gasteiger partial charge in [-0.2, -0.15) is 18.3 Å². The zero-order chi connectivity index (χ0) is 31.6. The van der Waals surface area contributed by atoms with E-state index >= 15 is 0 Å². The van der Waals surface area contributed by atoms with Gasteiger partial charge in [0.05, 0.1) is 11.3 Å². The summed E-state index contributed by atoms with van der Waals surface area (Å²) in [5.74, 6) is -0.521. The quantitative estimate of drug-likeness (QED) is 0.0869. The molecule has 10 heteroatoms. The van der Waals surface area contributed by atoms with Gasteiger partial charge >= 0.3 is 12.1 Å². The molecule has 0 spiro atoms. The van der Waals surface area contributed by atoms with Crippen LogP contribution in [0.5, 0.6) is 5.75 Å². The minimum absolute atomic E-state index is 0.0498. The molecule has 2 aromatic rings. The number of alkyl halides is 4. The molecule has 0 radical (unpaired) electrons. The summed E-state index contributed by atoms with van der Waals surface area (Å²) in [5, 5.41) is 14.3. The van der Waals surface area contributed by atoms with Crippen molar-refractivity contribution in [2.75, 3.05) is 18.3 Å². The number of carboxylic acids is 1. The lowest BCUT2D eigenvalue weighted by Crippen LogP contribution is -2.13. The van der Waals surface area contributed by atoms with Crippen LogP contribution in [0, 0.1) is 6.92 Å². The second kappa shape index (κ2) is 19.5. The predicted molar refractivity (Wildman–Crippen MR) is 163 cm³/mol. The molecule has 1 atom stereocenters. The van der Waals surface area contributed by atoms with Crippen molar-refractivity contribution in [1.82, 2.24) is 0 Å². The van der Waals surface area contributed by atoms with E-state index in [0.29, 0.717) is 17.0 Å². The summed E-state index contributed by atoms with van der Waals surface area (Å²) in [6.07, 6.45) is 0.828. The minimum atomic E-state index is -4.40. The smallest absolute Gasteiger partial charge is 0.416 e. The van der Waals surface area contributed by atoms with Crippen molar-refractivity contribution in [2.45, 2.75) is 63.8 Å².